The molecule has 0 aliphatic heterocycles. The number of aromatic nitrogens is 2. The van der Waals surface area contributed by atoms with Gasteiger partial charge in [0.05, 0.1) is 5.75 Å². The second-order valence-electron chi connectivity index (χ2n) is 5.03. The minimum absolute atomic E-state index is 0.0728. The molecule has 0 radical (unpaired) electrons. The van der Waals surface area contributed by atoms with Gasteiger partial charge in [0.1, 0.15) is 27.8 Å². The first kappa shape index (κ1) is 15.7. The van der Waals surface area contributed by atoms with E-state index in [0.29, 0.717) is 5.82 Å². The van der Waals surface area contributed by atoms with Crippen LogP contribution >= 0.6 is 0 Å². The van der Waals surface area contributed by atoms with E-state index in [0.717, 1.165) is 11.4 Å². The maximum absolute atomic E-state index is 11.3. The second kappa shape index (κ2) is 6.18. The van der Waals surface area contributed by atoms with E-state index in [2.05, 4.69) is 20.6 Å². The molecule has 108 valence electrons. The Hall–Kier alpha value is -1.37. The van der Waals surface area contributed by atoms with Gasteiger partial charge in [0.2, 0.25) is 0 Å². The van der Waals surface area contributed by atoms with Crippen LogP contribution in [0.25, 0.3) is 0 Å². The summed E-state index contributed by atoms with van der Waals surface area (Å²) in [7, 11) is -1.21. The van der Waals surface area contributed by atoms with Crippen molar-refractivity contribution < 1.29 is 8.42 Å². The largest absolute Gasteiger partial charge is 0.373 e. The molecule has 0 saturated carbocycles. The SMILES string of the molecule is CNc1ncnc(NC(C)CS(C)(=O)=O)c1C(C)C. The van der Waals surface area contributed by atoms with Crippen molar-refractivity contribution in [1.82, 2.24) is 9.97 Å². The molecule has 1 unspecified atom stereocenters. The summed E-state index contributed by atoms with van der Waals surface area (Å²) in [5.74, 6) is 1.75. The summed E-state index contributed by atoms with van der Waals surface area (Å²) in [6, 6.07) is -0.202. The molecular formula is C12H22N4O2S. The molecule has 0 fully saturated rings. The zero-order valence-corrected chi connectivity index (χ0v) is 12.9. The predicted molar refractivity (Wildman–Crippen MR) is 78.5 cm³/mol. The fourth-order valence-electron chi connectivity index (χ4n) is 1.99. The van der Waals surface area contributed by atoms with Gasteiger partial charge in [0.25, 0.3) is 0 Å². The summed E-state index contributed by atoms with van der Waals surface area (Å²) in [5, 5.41) is 6.18. The molecule has 1 atom stereocenters. The van der Waals surface area contributed by atoms with Crippen LogP contribution < -0.4 is 10.6 Å². The van der Waals surface area contributed by atoms with Crippen LogP contribution in [-0.4, -0.2) is 43.5 Å². The van der Waals surface area contributed by atoms with Crippen LogP contribution in [0.15, 0.2) is 6.33 Å². The summed E-state index contributed by atoms with van der Waals surface area (Å²) in [6.07, 6.45) is 2.70. The fourth-order valence-corrected chi connectivity index (χ4v) is 2.98. The molecule has 1 rings (SSSR count). The highest BCUT2D eigenvalue weighted by molar-refractivity contribution is 7.90. The van der Waals surface area contributed by atoms with E-state index in [1.54, 1.807) is 7.05 Å². The molecule has 1 heterocycles. The first-order chi connectivity index (χ1) is 8.74. The van der Waals surface area contributed by atoms with Crippen LogP contribution in [0.3, 0.4) is 0 Å². The fraction of sp³-hybridized carbons (Fsp3) is 0.667. The number of nitrogens with one attached hydrogen (secondary N) is 2. The van der Waals surface area contributed by atoms with E-state index in [1.807, 2.05) is 20.8 Å². The van der Waals surface area contributed by atoms with Gasteiger partial charge in [-0.25, -0.2) is 18.4 Å². The Bertz CT molecular complexity index is 529. The highest BCUT2D eigenvalue weighted by atomic mass is 32.2. The number of hydrogen-bond donors (Lipinski definition) is 2. The van der Waals surface area contributed by atoms with Crippen LogP contribution in [0, 0.1) is 0 Å². The zero-order chi connectivity index (χ0) is 14.6. The highest BCUT2D eigenvalue weighted by Gasteiger charge is 2.17. The van der Waals surface area contributed by atoms with Crippen LogP contribution in [0.2, 0.25) is 0 Å². The van der Waals surface area contributed by atoms with Crippen LogP contribution in [0.5, 0.6) is 0 Å². The number of anilines is 2. The standard InChI is InChI=1S/C12H22N4O2S/c1-8(2)10-11(13-4)14-7-15-12(10)16-9(3)6-19(5,17)18/h7-9H,6H2,1-5H3,(H2,13,14,15,16). The molecule has 0 aliphatic carbocycles. The quantitative estimate of drug-likeness (QED) is 0.824. The third kappa shape index (κ3) is 4.66. The summed E-state index contributed by atoms with van der Waals surface area (Å²) in [5.41, 5.74) is 0.963. The minimum atomic E-state index is -3.01. The molecule has 1 aromatic rings. The van der Waals surface area contributed by atoms with E-state index in [9.17, 15) is 8.42 Å². The second-order valence-corrected chi connectivity index (χ2v) is 7.21. The van der Waals surface area contributed by atoms with Gasteiger partial charge in [-0.3, -0.25) is 0 Å². The maximum Gasteiger partial charge on any atom is 0.149 e. The van der Waals surface area contributed by atoms with Crippen LogP contribution in [0.1, 0.15) is 32.3 Å². The normalized spacial score (nSPS) is 13.4. The van der Waals surface area contributed by atoms with Crippen molar-refractivity contribution in [2.24, 2.45) is 0 Å². The smallest absolute Gasteiger partial charge is 0.149 e. The molecule has 0 aliphatic rings. The van der Waals surface area contributed by atoms with Gasteiger partial charge in [-0.05, 0) is 12.8 Å². The van der Waals surface area contributed by atoms with Crippen molar-refractivity contribution in [1.29, 1.82) is 0 Å². The molecule has 19 heavy (non-hydrogen) atoms. The molecule has 6 nitrogen and oxygen atoms in total. The molecule has 2 N–H and O–H groups in total. The monoisotopic (exact) mass is 286 g/mol. The van der Waals surface area contributed by atoms with E-state index < -0.39 is 9.84 Å². The van der Waals surface area contributed by atoms with Crippen molar-refractivity contribution in [3.63, 3.8) is 0 Å². The van der Waals surface area contributed by atoms with Gasteiger partial charge in [-0.2, -0.15) is 0 Å². The Kier molecular flexibility index (Phi) is 5.11. The lowest BCUT2D eigenvalue weighted by atomic mass is 10.0. The summed E-state index contributed by atoms with van der Waals surface area (Å²) < 4.78 is 22.6. The third-order valence-electron chi connectivity index (χ3n) is 2.63. The van der Waals surface area contributed by atoms with Gasteiger partial charge in [-0.1, -0.05) is 13.8 Å². The Balaban J connectivity index is 3.01. The topological polar surface area (TPSA) is 84.0 Å². The average molecular weight is 286 g/mol. The first-order valence-electron chi connectivity index (χ1n) is 6.21. The zero-order valence-electron chi connectivity index (χ0n) is 12.1. The van der Waals surface area contributed by atoms with Crippen LogP contribution in [0.4, 0.5) is 11.6 Å². The number of nitrogens with zero attached hydrogens (tertiary/aromatic N) is 2. The Morgan fingerprint density at radius 3 is 2.26 bits per heavy atom. The summed E-state index contributed by atoms with van der Waals surface area (Å²) in [4.78, 5) is 8.40. The highest BCUT2D eigenvalue weighted by Crippen LogP contribution is 2.28. The molecule has 0 aromatic carbocycles. The first-order valence-corrected chi connectivity index (χ1v) is 8.27. The average Bonchev–Trinajstić information content (AvgIpc) is 2.25. The number of sulfone groups is 1. The summed E-state index contributed by atoms with van der Waals surface area (Å²) >= 11 is 0. The third-order valence-corrected chi connectivity index (χ3v) is 3.74. The summed E-state index contributed by atoms with van der Waals surface area (Å²) in [6.45, 7) is 5.92. The Labute approximate surface area is 115 Å². The van der Waals surface area contributed by atoms with Gasteiger partial charge >= 0.3 is 0 Å². The van der Waals surface area contributed by atoms with Crippen LogP contribution in [-0.2, 0) is 9.84 Å². The van der Waals surface area contributed by atoms with Gasteiger partial charge in [0, 0.05) is 24.9 Å². The predicted octanol–water partition coefficient (Wildman–Crippen LogP) is 1.49. The maximum atomic E-state index is 11.3. The van der Waals surface area contributed by atoms with Crippen molar-refractivity contribution in [3.05, 3.63) is 11.9 Å². The van der Waals surface area contributed by atoms with E-state index >= 15 is 0 Å². The lowest BCUT2D eigenvalue weighted by molar-refractivity contribution is 0.598. The minimum Gasteiger partial charge on any atom is -0.373 e. The number of rotatable bonds is 6. The molecule has 0 saturated heterocycles. The lowest BCUT2D eigenvalue weighted by Gasteiger charge is -2.19. The van der Waals surface area contributed by atoms with Crippen molar-refractivity contribution >= 4 is 21.5 Å². The molecule has 0 spiro atoms. The molecule has 1 aromatic heterocycles. The molecular weight excluding hydrogens is 264 g/mol. The van der Waals surface area contributed by atoms with E-state index in [-0.39, 0.29) is 17.7 Å². The van der Waals surface area contributed by atoms with Crippen molar-refractivity contribution in [2.75, 3.05) is 29.7 Å². The molecule has 0 bridgehead atoms. The lowest BCUT2D eigenvalue weighted by Crippen LogP contribution is -2.26. The van der Waals surface area contributed by atoms with Gasteiger partial charge in [0.15, 0.2) is 0 Å². The molecule has 0 amide bonds. The van der Waals surface area contributed by atoms with Gasteiger partial charge in [-0.15, -0.1) is 0 Å². The number of hydrogen-bond acceptors (Lipinski definition) is 6. The van der Waals surface area contributed by atoms with E-state index in [1.165, 1.54) is 12.6 Å². The molecule has 7 heteroatoms. The van der Waals surface area contributed by atoms with E-state index in [4.69, 9.17) is 0 Å². The van der Waals surface area contributed by atoms with Gasteiger partial charge < -0.3 is 10.6 Å². The van der Waals surface area contributed by atoms with Crippen molar-refractivity contribution in [2.45, 2.75) is 32.7 Å². The van der Waals surface area contributed by atoms with Crippen molar-refractivity contribution in [3.8, 4) is 0 Å². The Morgan fingerprint density at radius 2 is 1.79 bits per heavy atom. The Morgan fingerprint density at radius 1 is 1.21 bits per heavy atom.